The second-order valence-electron chi connectivity index (χ2n) is 5.39. The van der Waals surface area contributed by atoms with Crippen molar-refractivity contribution in [1.82, 2.24) is 5.16 Å². The van der Waals surface area contributed by atoms with Crippen molar-refractivity contribution in [3.8, 4) is 0 Å². The van der Waals surface area contributed by atoms with E-state index in [1.54, 1.807) is 0 Å². The summed E-state index contributed by atoms with van der Waals surface area (Å²) in [4.78, 5) is 2.40. The first kappa shape index (κ1) is 15.7. The summed E-state index contributed by atoms with van der Waals surface area (Å²) in [6.07, 6.45) is 3.12. The first-order chi connectivity index (χ1) is 9.70. The van der Waals surface area contributed by atoms with E-state index in [4.69, 9.17) is 10.3 Å². The molecule has 1 aliphatic heterocycles. The Balaban J connectivity index is 0.00000161. The molecule has 0 spiro atoms. The Kier molecular flexibility index (Phi) is 4.78. The molecule has 0 radical (unpaired) electrons. The molecule has 0 fully saturated rings. The molecular formula is C16H22ClN3O. The van der Waals surface area contributed by atoms with Crippen molar-refractivity contribution in [2.24, 2.45) is 0 Å². The van der Waals surface area contributed by atoms with E-state index < -0.39 is 0 Å². The number of halogens is 1. The fourth-order valence-electron chi connectivity index (χ4n) is 3.00. The number of aryl methyl sites for hydroxylation is 2. The minimum absolute atomic E-state index is 0. The fourth-order valence-corrected chi connectivity index (χ4v) is 3.00. The van der Waals surface area contributed by atoms with Gasteiger partial charge in [-0.05, 0) is 43.9 Å². The molecule has 21 heavy (non-hydrogen) atoms. The van der Waals surface area contributed by atoms with E-state index in [1.807, 2.05) is 19.1 Å². The maximum atomic E-state index is 6.11. The van der Waals surface area contributed by atoms with Crippen LogP contribution >= 0.6 is 12.4 Å². The number of hydrogen-bond acceptors (Lipinski definition) is 4. The summed E-state index contributed by atoms with van der Waals surface area (Å²) in [5.41, 5.74) is 11.9. The summed E-state index contributed by atoms with van der Waals surface area (Å²) >= 11 is 0. The molecule has 0 unspecified atom stereocenters. The van der Waals surface area contributed by atoms with Crippen LogP contribution in [0.1, 0.15) is 35.9 Å². The van der Waals surface area contributed by atoms with Gasteiger partial charge in [0.2, 0.25) is 0 Å². The number of rotatable bonds is 3. The zero-order valence-electron chi connectivity index (χ0n) is 12.6. The third-order valence-corrected chi connectivity index (χ3v) is 4.13. The van der Waals surface area contributed by atoms with Gasteiger partial charge in [-0.1, -0.05) is 18.1 Å². The standard InChI is InChI=1S/C16H21N3O.ClH/c1-3-15-13(11(2)20-18-15)10-19-9-5-6-12-14(17)7-4-8-16(12)19;/h4,7-8H,3,5-6,9-10,17H2,1-2H3;1H. The molecule has 1 aromatic carbocycles. The number of aromatic nitrogens is 1. The summed E-state index contributed by atoms with van der Waals surface area (Å²) in [6, 6.07) is 6.19. The van der Waals surface area contributed by atoms with Crippen molar-refractivity contribution in [3.05, 3.63) is 40.8 Å². The van der Waals surface area contributed by atoms with Crippen LogP contribution in [0.25, 0.3) is 0 Å². The van der Waals surface area contributed by atoms with Crippen LogP contribution in [0.5, 0.6) is 0 Å². The highest BCUT2D eigenvalue weighted by Crippen LogP contribution is 2.33. The van der Waals surface area contributed by atoms with Gasteiger partial charge in [0.15, 0.2) is 0 Å². The Hall–Kier alpha value is -1.68. The zero-order valence-corrected chi connectivity index (χ0v) is 13.4. The smallest absolute Gasteiger partial charge is 0.138 e. The van der Waals surface area contributed by atoms with Gasteiger partial charge in [-0.25, -0.2) is 0 Å². The van der Waals surface area contributed by atoms with E-state index in [9.17, 15) is 0 Å². The lowest BCUT2D eigenvalue weighted by atomic mass is 9.99. The monoisotopic (exact) mass is 307 g/mol. The number of nitrogens with zero attached hydrogens (tertiary/aromatic N) is 2. The quantitative estimate of drug-likeness (QED) is 0.882. The fraction of sp³-hybridized carbons (Fsp3) is 0.438. The predicted molar refractivity (Wildman–Crippen MR) is 88.1 cm³/mol. The van der Waals surface area contributed by atoms with Gasteiger partial charge in [-0.2, -0.15) is 0 Å². The Morgan fingerprint density at radius 2 is 2.19 bits per heavy atom. The summed E-state index contributed by atoms with van der Waals surface area (Å²) < 4.78 is 5.34. The van der Waals surface area contributed by atoms with E-state index in [2.05, 4.69) is 23.0 Å². The summed E-state index contributed by atoms with van der Waals surface area (Å²) in [6.45, 7) is 6.02. The molecule has 5 heteroatoms. The van der Waals surface area contributed by atoms with Crippen molar-refractivity contribution in [2.75, 3.05) is 17.2 Å². The molecule has 1 aliphatic rings. The second-order valence-corrected chi connectivity index (χ2v) is 5.39. The predicted octanol–water partition coefficient (Wildman–Crippen LogP) is 3.50. The molecule has 0 saturated heterocycles. The van der Waals surface area contributed by atoms with Gasteiger partial charge in [0, 0.05) is 30.0 Å². The maximum absolute atomic E-state index is 6.11. The number of nitrogen functional groups attached to an aromatic ring is 1. The molecular weight excluding hydrogens is 286 g/mol. The number of nitrogens with two attached hydrogens (primary N) is 1. The molecule has 0 saturated carbocycles. The number of hydrogen-bond donors (Lipinski definition) is 1. The maximum Gasteiger partial charge on any atom is 0.138 e. The van der Waals surface area contributed by atoms with Gasteiger partial charge in [0.05, 0.1) is 5.69 Å². The van der Waals surface area contributed by atoms with Crippen molar-refractivity contribution in [2.45, 2.75) is 39.7 Å². The average Bonchev–Trinajstić information content (AvgIpc) is 2.81. The molecule has 2 aromatic rings. The van der Waals surface area contributed by atoms with Gasteiger partial charge >= 0.3 is 0 Å². The normalized spacial score (nSPS) is 13.7. The average molecular weight is 308 g/mol. The Labute approximate surface area is 131 Å². The first-order valence-electron chi connectivity index (χ1n) is 7.27. The van der Waals surface area contributed by atoms with Crippen LogP contribution in [0.4, 0.5) is 11.4 Å². The van der Waals surface area contributed by atoms with Crippen LogP contribution in [-0.2, 0) is 19.4 Å². The van der Waals surface area contributed by atoms with Crippen LogP contribution < -0.4 is 10.6 Å². The first-order valence-corrected chi connectivity index (χ1v) is 7.27. The highest BCUT2D eigenvalue weighted by atomic mass is 35.5. The number of benzene rings is 1. The van der Waals surface area contributed by atoms with E-state index in [-0.39, 0.29) is 12.4 Å². The molecule has 2 N–H and O–H groups in total. The van der Waals surface area contributed by atoms with Crippen molar-refractivity contribution >= 4 is 23.8 Å². The van der Waals surface area contributed by atoms with Crippen LogP contribution in [0, 0.1) is 6.92 Å². The number of anilines is 2. The van der Waals surface area contributed by atoms with E-state index >= 15 is 0 Å². The van der Waals surface area contributed by atoms with Crippen molar-refractivity contribution < 1.29 is 4.52 Å². The summed E-state index contributed by atoms with van der Waals surface area (Å²) in [5.74, 6) is 0.929. The van der Waals surface area contributed by atoms with Gasteiger partial charge in [0.1, 0.15) is 5.76 Å². The second kappa shape index (κ2) is 6.39. The van der Waals surface area contributed by atoms with Crippen molar-refractivity contribution in [1.29, 1.82) is 0 Å². The minimum atomic E-state index is 0. The van der Waals surface area contributed by atoms with Gasteiger partial charge in [0.25, 0.3) is 0 Å². The summed E-state index contributed by atoms with van der Waals surface area (Å²) in [5, 5.41) is 4.15. The molecule has 1 aromatic heterocycles. The lowest BCUT2D eigenvalue weighted by Gasteiger charge is -2.32. The van der Waals surface area contributed by atoms with Crippen LogP contribution in [-0.4, -0.2) is 11.7 Å². The van der Waals surface area contributed by atoms with Gasteiger partial charge < -0.3 is 15.2 Å². The summed E-state index contributed by atoms with van der Waals surface area (Å²) in [7, 11) is 0. The van der Waals surface area contributed by atoms with Crippen molar-refractivity contribution in [3.63, 3.8) is 0 Å². The highest BCUT2D eigenvalue weighted by Gasteiger charge is 2.21. The van der Waals surface area contributed by atoms with Gasteiger partial charge in [-0.15, -0.1) is 12.4 Å². The lowest BCUT2D eigenvalue weighted by Crippen LogP contribution is -2.29. The van der Waals surface area contributed by atoms with Crippen LogP contribution in [0.15, 0.2) is 22.7 Å². The van der Waals surface area contributed by atoms with Crippen LogP contribution in [0.3, 0.4) is 0 Å². The van der Waals surface area contributed by atoms with E-state index in [1.165, 1.54) is 16.8 Å². The minimum Gasteiger partial charge on any atom is -0.398 e. The molecule has 114 valence electrons. The third-order valence-electron chi connectivity index (χ3n) is 4.13. The Morgan fingerprint density at radius 3 is 2.95 bits per heavy atom. The Morgan fingerprint density at radius 1 is 1.38 bits per heavy atom. The van der Waals surface area contributed by atoms with E-state index in [0.717, 1.165) is 49.5 Å². The topological polar surface area (TPSA) is 55.3 Å². The van der Waals surface area contributed by atoms with Gasteiger partial charge in [-0.3, -0.25) is 0 Å². The molecule has 3 rings (SSSR count). The third kappa shape index (κ3) is 2.86. The molecule has 4 nitrogen and oxygen atoms in total. The Bertz CT molecular complexity index is 624. The SMILES string of the molecule is CCc1noc(C)c1CN1CCCc2c(N)cccc21.Cl. The number of fused-ring (bicyclic) bond motifs is 1. The molecule has 0 amide bonds. The zero-order chi connectivity index (χ0) is 14.1. The lowest BCUT2D eigenvalue weighted by molar-refractivity contribution is 0.390. The van der Waals surface area contributed by atoms with Crippen LogP contribution in [0.2, 0.25) is 0 Å². The largest absolute Gasteiger partial charge is 0.398 e. The molecule has 0 aliphatic carbocycles. The van der Waals surface area contributed by atoms with E-state index in [0.29, 0.717) is 0 Å². The highest BCUT2D eigenvalue weighted by molar-refractivity contribution is 5.85. The molecule has 2 heterocycles. The molecule has 0 bridgehead atoms. The molecule has 0 atom stereocenters.